The summed E-state index contributed by atoms with van der Waals surface area (Å²) in [6.45, 7) is 1.49. The molecule has 1 unspecified atom stereocenters. The van der Waals surface area contributed by atoms with Gasteiger partial charge in [0.15, 0.2) is 0 Å². The van der Waals surface area contributed by atoms with Gasteiger partial charge in [0.2, 0.25) is 0 Å². The number of nitrogens with two attached hydrogens (primary N) is 1. The van der Waals surface area contributed by atoms with Crippen molar-refractivity contribution in [1.82, 2.24) is 0 Å². The van der Waals surface area contributed by atoms with Crippen molar-refractivity contribution < 1.29 is 9.08 Å². The zero-order valence-corrected chi connectivity index (χ0v) is 4.61. The fourth-order valence-electron chi connectivity index (χ4n) is 0.0703. The van der Waals surface area contributed by atoms with Gasteiger partial charge in [0, 0.05) is 0 Å². The van der Waals surface area contributed by atoms with Crippen LogP contribution in [0, 0.1) is 0 Å². The summed E-state index contributed by atoms with van der Waals surface area (Å²) in [7, 11) is 0. The average molecular weight is 124 g/mol. The van der Waals surface area contributed by atoms with Gasteiger partial charge < -0.3 is 10.0 Å². The van der Waals surface area contributed by atoms with Crippen LogP contribution in [0.15, 0.2) is 0 Å². The van der Waals surface area contributed by atoms with Crippen molar-refractivity contribution in [3.05, 3.63) is 0 Å². The van der Waals surface area contributed by atoms with E-state index in [0.29, 0.717) is 0 Å². The van der Waals surface area contributed by atoms with Crippen LogP contribution in [0.25, 0.3) is 0 Å². The van der Waals surface area contributed by atoms with E-state index in [1.807, 2.05) is 0 Å². The molecule has 4 heteroatoms. The fourth-order valence-corrected chi connectivity index (χ4v) is 0.211. The van der Waals surface area contributed by atoms with E-state index in [-0.39, 0.29) is 0 Å². The van der Waals surface area contributed by atoms with Crippen molar-refractivity contribution in [2.75, 3.05) is 0 Å². The second-order valence-electron chi connectivity index (χ2n) is 1.18. The monoisotopic (exact) mass is 123 g/mol. The van der Waals surface area contributed by atoms with Crippen molar-refractivity contribution in [3.8, 4) is 0 Å². The number of carbonyl (C=O) groups excluding carboxylic acids is 1. The minimum atomic E-state index is -0.627. The minimum Gasteiger partial charge on any atom is -0.346 e. The highest BCUT2D eigenvalue weighted by Crippen LogP contribution is 1.84. The molecule has 7 heavy (non-hydrogen) atoms. The zero-order chi connectivity index (χ0) is 5.86. The molecular formula is C3H6ClNO2. The van der Waals surface area contributed by atoms with Crippen molar-refractivity contribution in [3.63, 3.8) is 0 Å². The second-order valence-corrected chi connectivity index (χ2v) is 1.34. The van der Waals surface area contributed by atoms with E-state index in [2.05, 4.69) is 16.2 Å². The Kier molecular flexibility index (Phi) is 2.71. The Balaban J connectivity index is 3.35. The highest BCUT2D eigenvalue weighted by Gasteiger charge is 2.05. The van der Waals surface area contributed by atoms with Crippen LogP contribution in [0.2, 0.25) is 0 Å². The van der Waals surface area contributed by atoms with Gasteiger partial charge in [0.1, 0.15) is 17.9 Å². The van der Waals surface area contributed by atoms with Crippen LogP contribution >= 0.6 is 11.9 Å². The summed E-state index contributed by atoms with van der Waals surface area (Å²) in [5, 5.41) is 0. The lowest BCUT2D eigenvalue weighted by molar-refractivity contribution is -0.134. The number of hydrogen-bond donors (Lipinski definition) is 1. The lowest BCUT2D eigenvalue weighted by Gasteiger charge is -1.95. The van der Waals surface area contributed by atoms with Gasteiger partial charge in [-0.2, -0.15) is 0 Å². The smallest absolute Gasteiger partial charge is 0.340 e. The van der Waals surface area contributed by atoms with Crippen molar-refractivity contribution >= 4 is 17.8 Å². The van der Waals surface area contributed by atoms with Crippen LogP contribution in [0.3, 0.4) is 0 Å². The molecule has 0 amide bonds. The summed E-state index contributed by atoms with van der Waals surface area (Å²) in [4.78, 5) is 10.0. The van der Waals surface area contributed by atoms with E-state index < -0.39 is 12.0 Å². The first-order valence-corrected chi connectivity index (χ1v) is 2.07. The van der Waals surface area contributed by atoms with Crippen molar-refractivity contribution in [2.24, 2.45) is 5.73 Å². The maximum atomic E-state index is 10.0. The molecule has 0 aliphatic rings. The Hall–Kier alpha value is -0.280. The Morgan fingerprint density at radius 1 is 2.00 bits per heavy atom. The molecule has 0 spiro atoms. The van der Waals surface area contributed by atoms with Crippen LogP contribution in [0.5, 0.6) is 0 Å². The summed E-state index contributed by atoms with van der Waals surface area (Å²) in [6.07, 6.45) is 0. The molecule has 2 N–H and O–H groups in total. The molecule has 0 saturated heterocycles. The topological polar surface area (TPSA) is 52.3 Å². The summed E-state index contributed by atoms with van der Waals surface area (Å²) >= 11 is 4.62. The molecule has 0 aromatic carbocycles. The molecule has 0 saturated carbocycles. The van der Waals surface area contributed by atoms with E-state index in [4.69, 9.17) is 5.73 Å². The molecule has 0 radical (unpaired) electrons. The average Bonchev–Trinajstić information content (AvgIpc) is 1.65. The minimum absolute atomic E-state index is 0.610. The first-order valence-electron chi connectivity index (χ1n) is 1.76. The Bertz CT molecular complexity index is 73.3. The molecule has 0 aliphatic carbocycles. The van der Waals surface area contributed by atoms with E-state index in [1.165, 1.54) is 6.92 Å². The van der Waals surface area contributed by atoms with Crippen LogP contribution in [-0.2, 0) is 9.08 Å². The highest BCUT2D eigenvalue weighted by atomic mass is 35.5. The lowest BCUT2D eigenvalue weighted by atomic mass is 10.4. The molecule has 0 heterocycles. The lowest BCUT2D eigenvalue weighted by Crippen LogP contribution is -2.26. The third-order valence-electron chi connectivity index (χ3n) is 0.448. The number of hydrogen-bond acceptors (Lipinski definition) is 3. The third kappa shape index (κ3) is 2.42. The third-order valence-corrected chi connectivity index (χ3v) is 0.600. The van der Waals surface area contributed by atoms with Crippen molar-refractivity contribution in [2.45, 2.75) is 13.0 Å². The highest BCUT2D eigenvalue weighted by molar-refractivity contribution is 6.13. The molecule has 0 rings (SSSR count). The van der Waals surface area contributed by atoms with Gasteiger partial charge in [0.05, 0.1) is 0 Å². The molecule has 0 aromatic heterocycles. The molecule has 0 aromatic rings. The maximum absolute atomic E-state index is 10.0. The Morgan fingerprint density at radius 2 is 2.43 bits per heavy atom. The van der Waals surface area contributed by atoms with Gasteiger partial charge in [-0.3, -0.25) is 0 Å². The quantitative estimate of drug-likeness (QED) is 0.535. The SMILES string of the molecule is CC(N)C(=O)OCl. The summed E-state index contributed by atoms with van der Waals surface area (Å²) < 4.78 is 3.72. The van der Waals surface area contributed by atoms with E-state index in [9.17, 15) is 4.79 Å². The van der Waals surface area contributed by atoms with Crippen LogP contribution < -0.4 is 5.73 Å². The number of carbonyl (C=O) groups is 1. The predicted octanol–water partition coefficient (Wildman–Crippen LogP) is 0.0306. The van der Waals surface area contributed by atoms with Gasteiger partial charge in [0.25, 0.3) is 0 Å². The number of halogens is 1. The first kappa shape index (κ1) is 6.72. The summed E-state index contributed by atoms with van der Waals surface area (Å²) in [5.41, 5.74) is 4.99. The number of rotatable bonds is 1. The van der Waals surface area contributed by atoms with Crippen LogP contribution in [0.1, 0.15) is 6.92 Å². The van der Waals surface area contributed by atoms with Crippen LogP contribution in [-0.4, -0.2) is 12.0 Å². The fraction of sp³-hybridized carbons (Fsp3) is 0.667. The molecule has 3 nitrogen and oxygen atoms in total. The normalized spacial score (nSPS) is 13.0. The molecule has 1 atom stereocenters. The molecule has 42 valence electrons. The van der Waals surface area contributed by atoms with Crippen molar-refractivity contribution in [1.29, 1.82) is 0 Å². The maximum Gasteiger partial charge on any atom is 0.340 e. The second kappa shape index (κ2) is 2.82. The van der Waals surface area contributed by atoms with Crippen LogP contribution in [0.4, 0.5) is 0 Å². The van der Waals surface area contributed by atoms with E-state index in [0.717, 1.165) is 0 Å². The molecule has 0 fully saturated rings. The Labute approximate surface area is 46.6 Å². The van der Waals surface area contributed by atoms with Gasteiger partial charge >= 0.3 is 5.97 Å². The van der Waals surface area contributed by atoms with Gasteiger partial charge in [-0.1, -0.05) is 0 Å². The van der Waals surface area contributed by atoms with Gasteiger partial charge in [-0.05, 0) is 6.92 Å². The first-order chi connectivity index (χ1) is 3.18. The van der Waals surface area contributed by atoms with E-state index >= 15 is 0 Å². The zero-order valence-electron chi connectivity index (χ0n) is 3.85. The molecular weight excluding hydrogens is 117 g/mol. The van der Waals surface area contributed by atoms with Gasteiger partial charge in [-0.25, -0.2) is 4.79 Å². The Morgan fingerprint density at radius 3 is 2.43 bits per heavy atom. The standard InChI is InChI=1S/C3H6ClNO2/c1-2(5)3(6)7-4/h2H,5H2,1H3. The predicted molar refractivity (Wildman–Crippen MR) is 25.6 cm³/mol. The molecule has 0 bridgehead atoms. The summed E-state index contributed by atoms with van der Waals surface area (Å²) in [6, 6.07) is -0.627. The van der Waals surface area contributed by atoms with E-state index in [1.54, 1.807) is 0 Å². The summed E-state index contributed by atoms with van der Waals surface area (Å²) in [5.74, 6) is -0.610. The largest absolute Gasteiger partial charge is 0.346 e. The molecule has 0 aliphatic heterocycles. The van der Waals surface area contributed by atoms with Gasteiger partial charge in [-0.15, -0.1) is 0 Å².